The van der Waals surface area contributed by atoms with Gasteiger partial charge in [-0.2, -0.15) is 0 Å². The first-order valence-electron chi connectivity index (χ1n) is 5.59. The monoisotopic (exact) mass is 198 g/mol. The third kappa shape index (κ3) is 1.34. The van der Waals surface area contributed by atoms with Crippen molar-refractivity contribution >= 4 is 5.97 Å². The van der Waals surface area contributed by atoms with Crippen molar-refractivity contribution in [2.45, 2.75) is 51.2 Å². The molecule has 0 aromatic rings. The van der Waals surface area contributed by atoms with Crippen molar-refractivity contribution in [3.63, 3.8) is 0 Å². The maximum atomic E-state index is 11.5. The van der Waals surface area contributed by atoms with Gasteiger partial charge in [0.1, 0.15) is 5.60 Å². The first kappa shape index (κ1) is 9.97. The number of hydrogen-bond acceptors (Lipinski definition) is 3. The molecule has 1 saturated carbocycles. The first-order chi connectivity index (χ1) is 6.74. The number of ether oxygens (including phenoxy) is 2. The molecule has 0 radical (unpaired) electrons. The van der Waals surface area contributed by atoms with Crippen LogP contribution in [0.4, 0.5) is 0 Å². The lowest BCUT2D eigenvalue weighted by Crippen LogP contribution is -2.26. The maximum absolute atomic E-state index is 11.5. The minimum atomic E-state index is -0.255. The molecular formula is C11H18O3. The molecule has 0 amide bonds. The van der Waals surface area contributed by atoms with E-state index < -0.39 is 0 Å². The summed E-state index contributed by atoms with van der Waals surface area (Å²) >= 11 is 0. The molecule has 0 aromatic heterocycles. The van der Waals surface area contributed by atoms with Crippen molar-refractivity contribution in [1.82, 2.24) is 0 Å². The Bertz CT molecular complexity index is 239. The number of esters is 1. The molecule has 3 heteroatoms. The molecule has 0 N–H and O–H groups in total. The van der Waals surface area contributed by atoms with Gasteiger partial charge in [-0.25, -0.2) is 4.79 Å². The number of rotatable bonds is 3. The summed E-state index contributed by atoms with van der Waals surface area (Å²) < 4.78 is 10.6. The van der Waals surface area contributed by atoms with Crippen molar-refractivity contribution in [2.75, 3.05) is 6.61 Å². The largest absolute Gasteiger partial charge is 0.464 e. The Balaban J connectivity index is 1.98. The quantitative estimate of drug-likeness (QED) is 0.513. The third-order valence-electron chi connectivity index (χ3n) is 3.53. The van der Waals surface area contributed by atoms with Crippen molar-refractivity contribution in [2.24, 2.45) is 5.92 Å². The van der Waals surface area contributed by atoms with E-state index in [9.17, 15) is 4.79 Å². The molecule has 2 fully saturated rings. The lowest BCUT2D eigenvalue weighted by molar-refractivity contribution is -0.144. The summed E-state index contributed by atoms with van der Waals surface area (Å²) in [5.41, 5.74) is -0.124. The van der Waals surface area contributed by atoms with E-state index >= 15 is 0 Å². The number of epoxide rings is 1. The zero-order chi connectivity index (χ0) is 10.2. The van der Waals surface area contributed by atoms with Crippen molar-refractivity contribution < 1.29 is 14.3 Å². The fourth-order valence-electron chi connectivity index (χ4n) is 2.77. The molecule has 1 heterocycles. The topological polar surface area (TPSA) is 38.8 Å². The van der Waals surface area contributed by atoms with Gasteiger partial charge in [-0.15, -0.1) is 0 Å². The number of carbonyl (C=O) groups excluding carboxylic acids is 1. The molecule has 3 unspecified atom stereocenters. The van der Waals surface area contributed by atoms with Gasteiger partial charge in [0, 0.05) is 0 Å². The van der Waals surface area contributed by atoms with Crippen LogP contribution >= 0.6 is 0 Å². The van der Waals surface area contributed by atoms with E-state index in [2.05, 4.69) is 6.92 Å². The highest BCUT2D eigenvalue weighted by molar-refractivity contribution is 5.79. The Labute approximate surface area is 84.8 Å². The molecule has 80 valence electrons. The summed E-state index contributed by atoms with van der Waals surface area (Å²) in [6, 6.07) is 0. The van der Waals surface area contributed by atoms with Crippen molar-refractivity contribution in [3.8, 4) is 0 Å². The van der Waals surface area contributed by atoms with Gasteiger partial charge in [0.05, 0.1) is 6.61 Å². The highest BCUT2D eigenvalue weighted by Crippen LogP contribution is 2.54. The average Bonchev–Trinajstić information content (AvgIpc) is 2.72. The van der Waals surface area contributed by atoms with Crippen LogP contribution in [0.5, 0.6) is 0 Å². The zero-order valence-electron chi connectivity index (χ0n) is 8.91. The molecule has 0 aromatic carbocycles. The average molecular weight is 198 g/mol. The second kappa shape index (κ2) is 3.54. The summed E-state index contributed by atoms with van der Waals surface area (Å²) in [4.78, 5) is 11.5. The van der Waals surface area contributed by atoms with Crippen LogP contribution in [0.2, 0.25) is 0 Å². The van der Waals surface area contributed by atoms with Crippen molar-refractivity contribution in [3.05, 3.63) is 0 Å². The van der Waals surface area contributed by atoms with Gasteiger partial charge in [0.2, 0.25) is 0 Å². The molecule has 1 aliphatic heterocycles. The number of carbonyl (C=O) groups is 1. The van der Waals surface area contributed by atoms with Crippen LogP contribution in [0.15, 0.2) is 0 Å². The molecule has 1 aliphatic carbocycles. The minimum absolute atomic E-state index is 0.124. The highest BCUT2D eigenvalue weighted by Gasteiger charge is 2.66. The second-order valence-corrected chi connectivity index (χ2v) is 4.20. The normalized spacial score (nSPS) is 40.1. The summed E-state index contributed by atoms with van der Waals surface area (Å²) in [5, 5.41) is 0. The maximum Gasteiger partial charge on any atom is 0.338 e. The molecular weight excluding hydrogens is 180 g/mol. The molecule has 14 heavy (non-hydrogen) atoms. The van der Waals surface area contributed by atoms with Gasteiger partial charge in [-0.3, -0.25) is 0 Å². The minimum Gasteiger partial charge on any atom is -0.464 e. The van der Waals surface area contributed by atoms with Gasteiger partial charge in [0.15, 0.2) is 6.10 Å². The second-order valence-electron chi connectivity index (χ2n) is 4.20. The van der Waals surface area contributed by atoms with Crippen LogP contribution in [0, 0.1) is 5.92 Å². The Morgan fingerprint density at radius 2 is 2.36 bits per heavy atom. The molecule has 1 spiro atoms. The van der Waals surface area contributed by atoms with Crippen LogP contribution in [-0.2, 0) is 14.3 Å². The molecule has 2 aliphatic rings. The fourth-order valence-corrected chi connectivity index (χ4v) is 2.77. The number of hydrogen-bond donors (Lipinski definition) is 0. The smallest absolute Gasteiger partial charge is 0.338 e. The van der Waals surface area contributed by atoms with Gasteiger partial charge in [-0.1, -0.05) is 19.8 Å². The van der Waals surface area contributed by atoms with Crippen molar-refractivity contribution in [1.29, 1.82) is 0 Å². The van der Waals surface area contributed by atoms with E-state index in [1.165, 1.54) is 12.8 Å². The van der Waals surface area contributed by atoms with Crippen LogP contribution in [0.25, 0.3) is 0 Å². The van der Waals surface area contributed by atoms with Crippen LogP contribution in [0.1, 0.15) is 39.5 Å². The lowest BCUT2D eigenvalue weighted by atomic mass is 9.90. The van der Waals surface area contributed by atoms with E-state index in [0.717, 1.165) is 12.8 Å². The predicted octanol–water partition coefficient (Wildman–Crippen LogP) is 1.90. The summed E-state index contributed by atoms with van der Waals surface area (Å²) in [7, 11) is 0. The van der Waals surface area contributed by atoms with Gasteiger partial charge in [-0.05, 0) is 25.7 Å². The Morgan fingerprint density at radius 3 is 3.00 bits per heavy atom. The van der Waals surface area contributed by atoms with Gasteiger partial charge < -0.3 is 9.47 Å². The van der Waals surface area contributed by atoms with Crippen LogP contribution in [-0.4, -0.2) is 24.3 Å². The van der Waals surface area contributed by atoms with E-state index in [-0.39, 0.29) is 17.7 Å². The van der Waals surface area contributed by atoms with Gasteiger partial charge >= 0.3 is 5.97 Å². The first-order valence-corrected chi connectivity index (χ1v) is 5.59. The fraction of sp³-hybridized carbons (Fsp3) is 0.909. The van der Waals surface area contributed by atoms with Crippen LogP contribution in [0.3, 0.4) is 0 Å². The van der Waals surface area contributed by atoms with E-state index in [1.54, 1.807) is 0 Å². The Kier molecular flexibility index (Phi) is 2.52. The van der Waals surface area contributed by atoms with E-state index in [4.69, 9.17) is 9.47 Å². The summed E-state index contributed by atoms with van der Waals surface area (Å²) in [5.74, 6) is 0.407. The Morgan fingerprint density at radius 1 is 1.57 bits per heavy atom. The molecule has 0 bridgehead atoms. The molecule has 1 saturated heterocycles. The summed E-state index contributed by atoms with van der Waals surface area (Å²) in [6.07, 6.45) is 4.28. The highest BCUT2D eigenvalue weighted by atomic mass is 16.7. The molecule has 3 nitrogen and oxygen atoms in total. The third-order valence-corrected chi connectivity index (χ3v) is 3.53. The predicted molar refractivity (Wildman–Crippen MR) is 51.9 cm³/mol. The standard InChI is InChI=1S/C11H18O3/c1-3-8-6-5-7-11(8)9(14-11)10(12)13-4-2/h8-9H,3-7H2,1-2H3. The van der Waals surface area contributed by atoms with Crippen LogP contribution < -0.4 is 0 Å². The Hall–Kier alpha value is -0.570. The molecule has 3 atom stereocenters. The molecule has 2 rings (SSSR count). The van der Waals surface area contributed by atoms with Gasteiger partial charge in [0.25, 0.3) is 0 Å². The zero-order valence-corrected chi connectivity index (χ0v) is 8.91. The SMILES string of the molecule is CCOC(=O)C1OC12CCCC2CC. The lowest BCUT2D eigenvalue weighted by Gasteiger charge is -2.12. The summed E-state index contributed by atoms with van der Waals surface area (Å²) in [6.45, 7) is 4.45. The van der Waals surface area contributed by atoms with E-state index in [1.807, 2.05) is 6.92 Å². The van der Waals surface area contributed by atoms with E-state index in [0.29, 0.717) is 12.5 Å².